The largest absolute Gasteiger partial charge is 0.384 e. The molecular weight excluding hydrogens is 300 g/mol. The Bertz CT molecular complexity index is 364. The molecule has 0 amide bonds. The van der Waals surface area contributed by atoms with Crippen molar-refractivity contribution in [3.63, 3.8) is 0 Å². The summed E-state index contributed by atoms with van der Waals surface area (Å²) in [7, 11) is 0. The number of hydrogen-bond acceptors (Lipinski definition) is 2. The molecule has 0 bridgehead atoms. The van der Waals surface area contributed by atoms with Gasteiger partial charge in [-0.1, -0.05) is 11.6 Å². The second kappa shape index (κ2) is 6.62. The van der Waals surface area contributed by atoms with E-state index in [9.17, 15) is 0 Å². The van der Waals surface area contributed by atoms with Gasteiger partial charge in [-0.2, -0.15) is 0 Å². The number of halogens is 2. The summed E-state index contributed by atoms with van der Waals surface area (Å²) in [6.45, 7) is 4.78. The van der Waals surface area contributed by atoms with E-state index in [0.717, 1.165) is 21.7 Å². The van der Waals surface area contributed by atoms with Gasteiger partial charge in [-0.15, -0.1) is 0 Å². The lowest BCUT2D eigenvalue weighted by Crippen LogP contribution is -2.22. The summed E-state index contributed by atoms with van der Waals surface area (Å²) in [5, 5.41) is 4.20. The lowest BCUT2D eigenvalue weighted by atomic mass is 10.3. The molecule has 1 aromatic carbocycles. The molecule has 4 heteroatoms. The molecule has 1 fully saturated rings. The van der Waals surface area contributed by atoms with Crippen molar-refractivity contribution < 1.29 is 0 Å². The maximum absolute atomic E-state index is 5.90. The van der Waals surface area contributed by atoms with Crippen LogP contribution in [0.3, 0.4) is 0 Å². The zero-order valence-corrected chi connectivity index (χ0v) is 12.2. The van der Waals surface area contributed by atoms with Gasteiger partial charge in [0.05, 0.1) is 0 Å². The van der Waals surface area contributed by atoms with Crippen molar-refractivity contribution in [2.24, 2.45) is 0 Å². The zero-order valence-electron chi connectivity index (χ0n) is 9.88. The first-order valence-corrected chi connectivity index (χ1v) is 7.34. The summed E-state index contributed by atoms with van der Waals surface area (Å²) in [5.41, 5.74) is 1.12. The quantitative estimate of drug-likeness (QED) is 0.826. The van der Waals surface area contributed by atoms with Crippen LogP contribution >= 0.6 is 27.5 Å². The second-order valence-electron chi connectivity index (χ2n) is 4.45. The molecule has 0 radical (unpaired) electrons. The molecule has 0 aromatic heterocycles. The number of hydrogen-bond donors (Lipinski definition) is 1. The molecule has 2 nitrogen and oxygen atoms in total. The second-order valence-corrected chi connectivity index (χ2v) is 5.74. The number of nitrogens with one attached hydrogen (secondary N) is 1. The van der Waals surface area contributed by atoms with Crippen LogP contribution in [0.15, 0.2) is 22.7 Å². The number of rotatable bonds is 5. The Hall–Kier alpha value is -0.250. The minimum absolute atomic E-state index is 0.763. The van der Waals surface area contributed by atoms with Gasteiger partial charge in [0.1, 0.15) is 0 Å². The minimum Gasteiger partial charge on any atom is -0.384 e. The van der Waals surface area contributed by atoms with E-state index in [0.29, 0.717) is 0 Å². The van der Waals surface area contributed by atoms with Crippen LogP contribution in [-0.2, 0) is 0 Å². The number of anilines is 1. The third-order valence-electron chi connectivity index (χ3n) is 3.10. The Morgan fingerprint density at radius 3 is 2.76 bits per heavy atom. The van der Waals surface area contributed by atoms with Gasteiger partial charge < -0.3 is 10.2 Å². The third-order valence-corrected chi connectivity index (χ3v) is 3.99. The molecule has 0 saturated carbocycles. The highest BCUT2D eigenvalue weighted by atomic mass is 79.9. The van der Waals surface area contributed by atoms with Gasteiger partial charge in [0.25, 0.3) is 0 Å². The van der Waals surface area contributed by atoms with Crippen LogP contribution in [0.4, 0.5) is 5.69 Å². The molecule has 2 rings (SSSR count). The normalized spacial score (nSPS) is 16.4. The number of benzene rings is 1. The van der Waals surface area contributed by atoms with E-state index in [1.54, 1.807) is 0 Å². The van der Waals surface area contributed by atoms with Crippen molar-refractivity contribution in [3.8, 4) is 0 Å². The Labute approximate surface area is 116 Å². The Morgan fingerprint density at radius 2 is 2.06 bits per heavy atom. The summed E-state index contributed by atoms with van der Waals surface area (Å²) in [6, 6.07) is 5.85. The highest BCUT2D eigenvalue weighted by molar-refractivity contribution is 9.10. The fraction of sp³-hybridized carbons (Fsp3) is 0.538. The molecule has 0 aliphatic carbocycles. The first kappa shape index (κ1) is 13.2. The predicted molar refractivity (Wildman–Crippen MR) is 77.9 cm³/mol. The van der Waals surface area contributed by atoms with E-state index in [-0.39, 0.29) is 0 Å². The van der Waals surface area contributed by atoms with Crippen LogP contribution < -0.4 is 5.32 Å². The van der Waals surface area contributed by atoms with E-state index in [2.05, 4.69) is 26.1 Å². The van der Waals surface area contributed by atoms with E-state index in [1.807, 2.05) is 18.2 Å². The molecule has 1 N–H and O–H groups in total. The van der Waals surface area contributed by atoms with Crippen LogP contribution in [0.2, 0.25) is 5.02 Å². The summed E-state index contributed by atoms with van der Waals surface area (Å²) in [5.74, 6) is 0. The molecule has 1 heterocycles. The van der Waals surface area contributed by atoms with E-state index < -0.39 is 0 Å². The Balaban J connectivity index is 1.70. The zero-order chi connectivity index (χ0) is 12.1. The molecule has 1 aromatic rings. The van der Waals surface area contributed by atoms with Crippen molar-refractivity contribution in [2.45, 2.75) is 19.3 Å². The SMILES string of the molecule is Clc1ccc(NCCCN2CCCC2)c(Br)c1. The number of likely N-dealkylation sites (tertiary alicyclic amines) is 1. The molecule has 94 valence electrons. The average molecular weight is 318 g/mol. The third kappa shape index (κ3) is 4.16. The van der Waals surface area contributed by atoms with Gasteiger partial charge in [0.2, 0.25) is 0 Å². The van der Waals surface area contributed by atoms with Crippen molar-refractivity contribution >= 4 is 33.2 Å². The highest BCUT2D eigenvalue weighted by Crippen LogP contribution is 2.25. The maximum atomic E-state index is 5.90. The summed E-state index contributed by atoms with van der Waals surface area (Å²) >= 11 is 9.41. The van der Waals surface area contributed by atoms with Crippen LogP contribution in [0.1, 0.15) is 19.3 Å². The molecule has 1 aliphatic heterocycles. The van der Waals surface area contributed by atoms with Gasteiger partial charge in [0.15, 0.2) is 0 Å². The fourth-order valence-electron chi connectivity index (χ4n) is 2.16. The van der Waals surface area contributed by atoms with Gasteiger partial charge in [-0.3, -0.25) is 0 Å². The van der Waals surface area contributed by atoms with E-state index in [4.69, 9.17) is 11.6 Å². The number of nitrogens with zero attached hydrogens (tertiary/aromatic N) is 1. The molecule has 0 spiro atoms. The summed E-state index contributed by atoms with van der Waals surface area (Å²) in [6.07, 6.45) is 3.93. The van der Waals surface area contributed by atoms with Crippen LogP contribution in [0.25, 0.3) is 0 Å². The Morgan fingerprint density at radius 1 is 1.29 bits per heavy atom. The lowest BCUT2D eigenvalue weighted by molar-refractivity contribution is 0.337. The van der Waals surface area contributed by atoms with Gasteiger partial charge >= 0.3 is 0 Å². The van der Waals surface area contributed by atoms with Gasteiger partial charge in [-0.25, -0.2) is 0 Å². The molecule has 1 aliphatic rings. The molecule has 17 heavy (non-hydrogen) atoms. The fourth-order valence-corrected chi connectivity index (χ4v) is 2.99. The lowest BCUT2D eigenvalue weighted by Gasteiger charge is -2.15. The predicted octanol–water partition coefficient (Wildman–Crippen LogP) is 4.00. The monoisotopic (exact) mass is 316 g/mol. The van der Waals surface area contributed by atoms with E-state index in [1.165, 1.54) is 38.9 Å². The molecule has 1 saturated heterocycles. The molecular formula is C13H18BrClN2. The van der Waals surface area contributed by atoms with Crippen molar-refractivity contribution in [1.29, 1.82) is 0 Å². The standard InChI is InChI=1S/C13H18BrClN2/c14-12-10-11(15)4-5-13(12)16-6-3-9-17-7-1-2-8-17/h4-5,10,16H,1-3,6-9H2. The first-order valence-electron chi connectivity index (χ1n) is 6.17. The van der Waals surface area contributed by atoms with Crippen molar-refractivity contribution in [1.82, 2.24) is 4.90 Å². The smallest absolute Gasteiger partial charge is 0.0485 e. The summed E-state index contributed by atoms with van der Waals surface area (Å²) in [4.78, 5) is 2.54. The van der Waals surface area contributed by atoms with Crippen LogP contribution in [0.5, 0.6) is 0 Å². The van der Waals surface area contributed by atoms with Crippen molar-refractivity contribution in [3.05, 3.63) is 27.7 Å². The van der Waals surface area contributed by atoms with Gasteiger partial charge in [-0.05, 0) is 73.0 Å². The Kier molecular flexibility index (Phi) is 5.14. The first-order chi connectivity index (χ1) is 8.25. The van der Waals surface area contributed by atoms with Crippen LogP contribution in [-0.4, -0.2) is 31.1 Å². The average Bonchev–Trinajstić information content (AvgIpc) is 2.79. The topological polar surface area (TPSA) is 15.3 Å². The minimum atomic E-state index is 0.763. The van der Waals surface area contributed by atoms with Crippen LogP contribution in [0, 0.1) is 0 Å². The van der Waals surface area contributed by atoms with E-state index >= 15 is 0 Å². The maximum Gasteiger partial charge on any atom is 0.0485 e. The van der Waals surface area contributed by atoms with Gasteiger partial charge in [0, 0.05) is 21.7 Å². The van der Waals surface area contributed by atoms with Crippen molar-refractivity contribution in [2.75, 3.05) is 31.5 Å². The molecule has 0 atom stereocenters. The highest BCUT2D eigenvalue weighted by Gasteiger charge is 2.10. The summed E-state index contributed by atoms with van der Waals surface area (Å²) < 4.78 is 1.03. The molecule has 0 unspecified atom stereocenters.